The van der Waals surface area contributed by atoms with Gasteiger partial charge in [0.05, 0.1) is 25.7 Å². The molecule has 1 heterocycles. The number of esters is 1. The highest BCUT2D eigenvalue weighted by atomic mass is 19.1. The summed E-state index contributed by atoms with van der Waals surface area (Å²) in [6.45, 7) is 3.75. The molecule has 1 aromatic carbocycles. The van der Waals surface area contributed by atoms with Gasteiger partial charge >= 0.3 is 5.97 Å². The molecule has 2 N–H and O–H groups in total. The fraction of sp³-hybridized carbons (Fsp3) is 0.294. The van der Waals surface area contributed by atoms with Gasteiger partial charge < -0.3 is 14.9 Å². The summed E-state index contributed by atoms with van der Waals surface area (Å²) in [5.41, 5.74) is 0.447. The van der Waals surface area contributed by atoms with Crippen molar-refractivity contribution in [1.82, 2.24) is 20.2 Å². The summed E-state index contributed by atoms with van der Waals surface area (Å²) in [5.74, 6) is -0.636. The van der Waals surface area contributed by atoms with E-state index in [-0.39, 0.29) is 18.6 Å². The number of rotatable bonds is 8. The van der Waals surface area contributed by atoms with E-state index in [4.69, 9.17) is 4.74 Å². The number of aryl methyl sites for hydroxylation is 1. The Labute approximate surface area is 149 Å². The zero-order valence-corrected chi connectivity index (χ0v) is 14.1. The largest absolute Gasteiger partial charge is 0.426 e. The van der Waals surface area contributed by atoms with Crippen LogP contribution in [0.15, 0.2) is 43.0 Å². The summed E-state index contributed by atoms with van der Waals surface area (Å²) < 4.78 is 17.8. The van der Waals surface area contributed by atoms with E-state index in [1.165, 1.54) is 29.1 Å². The van der Waals surface area contributed by atoms with Crippen LogP contribution in [-0.2, 0) is 11.8 Å². The van der Waals surface area contributed by atoms with Crippen molar-refractivity contribution in [3.05, 3.63) is 54.6 Å². The molecule has 9 heteroatoms. The normalized spacial score (nSPS) is 13.5. The topological polar surface area (TPSA) is 110 Å². The second-order valence-corrected chi connectivity index (χ2v) is 5.58. The Kier molecular flexibility index (Phi) is 6.70. The summed E-state index contributed by atoms with van der Waals surface area (Å²) in [6.07, 6.45) is 0.423. The zero-order valence-electron chi connectivity index (χ0n) is 14.1. The monoisotopic (exact) mass is 362 g/mol. The molecule has 138 valence electrons. The summed E-state index contributed by atoms with van der Waals surface area (Å²) in [5, 5.41) is 31.2. The number of ether oxygens (including phenoxy) is 1. The van der Waals surface area contributed by atoms with E-state index in [9.17, 15) is 19.4 Å². The molecule has 2 unspecified atom stereocenters. The van der Waals surface area contributed by atoms with Gasteiger partial charge in [-0.25, -0.2) is 4.39 Å². The third-order valence-electron chi connectivity index (χ3n) is 3.28. The van der Waals surface area contributed by atoms with Crippen molar-refractivity contribution in [3.63, 3.8) is 0 Å². The van der Waals surface area contributed by atoms with Gasteiger partial charge in [0, 0.05) is 12.0 Å². The number of hydrogen-bond donors (Lipinski definition) is 2. The Morgan fingerprint density at radius 3 is 2.69 bits per heavy atom. The zero-order chi connectivity index (χ0) is 19.1. The van der Waals surface area contributed by atoms with Gasteiger partial charge in [0.2, 0.25) is 5.82 Å². The van der Waals surface area contributed by atoms with Crippen molar-refractivity contribution >= 4 is 11.5 Å². The highest BCUT2D eigenvalue weighted by molar-refractivity contribution is 5.72. The van der Waals surface area contributed by atoms with Gasteiger partial charge in [0.1, 0.15) is 11.6 Å². The average Bonchev–Trinajstić information content (AvgIpc) is 3.01. The third-order valence-corrected chi connectivity index (χ3v) is 3.28. The minimum Gasteiger partial charge on any atom is -0.426 e. The molecule has 8 nitrogen and oxygen atoms in total. The molecule has 0 spiro atoms. The van der Waals surface area contributed by atoms with Gasteiger partial charge in [0.15, 0.2) is 0 Å². The lowest BCUT2D eigenvalue weighted by Gasteiger charge is -2.12. The minimum absolute atomic E-state index is 0.0732. The van der Waals surface area contributed by atoms with E-state index < -0.39 is 24.0 Å². The molecule has 0 saturated carbocycles. The number of carbonyl (C=O) groups is 1. The maximum absolute atomic E-state index is 12.8. The summed E-state index contributed by atoms with van der Waals surface area (Å²) in [4.78, 5) is 13.0. The third kappa shape index (κ3) is 6.19. The number of carbonyl (C=O) groups excluding carboxylic acids is 1. The lowest BCUT2D eigenvalue weighted by atomic mass is 10.1. The van der Waals surface area contributed by atoms with Gasteiger partial charge in [0.25, 0.3) is 0 Å². The minimum atomic E-state index is -1.11. The van der Waals surface area contributed by atoms with Crippen LogP contribution < -0.4 is 4.74 Å². The standard InChI is InChI=1S/C17H19FN4O4/c1-11(17-19-21-22(2)20-17)3-6-13(23)9-14(24)10-16(25)26-15-7-4-12(18)5-8-15/h3-8,13-14,23-24H,1,9-10H2,2H3. The molecule has 0 aliphatic rings. The highest BCUT2D eigenvalue weighted by Gasteiger charge is 2.16. The van der Waals surface area contributed by atoms with Gasteiger partial charge in [-0.2, -0.15) is 4.80 Å². The lowest BCUT2D eigenvalue weighted by Crippen LogP contribution is -2.22. The molecule has 0 aliphatic heterocycles. The molecule has 26 heavy (non-hydrogen) atoms. The van der Waals surface area contributed by atoms with E-state index in [1.54, 1.807) is 7.05 Å². The van der Waals surface area contributed by atoms with Crippen LogP contribution in [0.3, 0.4) is 0 Å². The van der Waals surface area contributed by atoms with Crippen molar-refractivity contribution in [1.29, 1.82) is 0 Å². The smallest absolute Gasteiger partial charge is 0.313 e. The molecule has 0 fully saturated rings. The number of nitrogens with zero attached hydrogens (tertiary/aromatic N) is 4. The quantitative estimate of drug-likeness (QED) is 0.410. The summed E-state index contributed by atoms with van der Waals surface area (Å²) >= 11 is 0. The van der Waals surface area contributed by atoms with E-state index in [0.717, 1.165) is 12.1 Å². The van der Waals surface area contributed by atoms with E-state index in [0.29, 0.717) is 11.4 Å². The molecule has 1 aromatic heterocycles. The van der Waals surface area contributed by atoms with Gasteiger partial charge in [-0.05, 0) is 29.5 Å². The van der Waals surface area contributed by atoms with Crippen molar-refractivity contribution in [2.45, 2.75) is 25.0 Å². The number of hydrogen-bond acceptors (Lipinski definition) is 7. The second-order valence-electron chi connectivity index (χ2n) is 5.58. The van der Waals surface area contributed by atoms with Crippen LogP contribution in [0.25, 0.3) is 5.57 Å². The number of aliphatic hydroxyl groups is 2. The molecule has 0 amide bonds. The van der Waals surface area contributed by atoms with Crippen molar-refractivity contribution < 1.29 is 24.1 Å². The Hall–Kier alpha value is -2.91. The van der Waals surface area contributed by atoms with E-state index >= 15 is 0 Å². The fourth-order valence-corrected chi connectivity index (χ4v) is 2.02. The van der Waals surface area contributed by atoms with E-state index in [2.05, 4.69) is 22.0 Å². The van der Waals surface area contributed by atoms with Crippen LogP contribution >= 0.6 is 0 Å². The van der Waals surface area contributed by atoms with Crippen LogP contribution in [0.2, 0.25) is 0 Å². The van der Waals surface area contributed by atoms with Gasteiger partial charge in [-0.1, -0.05) is 18.7 Å². The van der Waals surface area contributed by atoms with Gasteiger partial charge in [-0.3, -0.25) is 4.79 Å². The Morgan fingerprint density at radius 1 is 1.38 bits per heavy atom. The molecule has 0 radical (unpaired) electrons. The van der Waals surface area contributed by atoms with Gasteiger partial charge in [-0.15, -0.1) is 10.2 Å². The molecule has 2 atom stereocenters. The number of aliphatic hydroxyl groups excluding tert-OH is 2. The second kappa shape index (κ2) is 8.97. The molecule has 0 bridgehead atoms. The lowest BCUT2D eigenvalue weighted by molar-refractivity contribution is -0.136. The average molecular weight is 362 g/mol. The van der Waals surface area contributed by atoms with Crippen LogP contribution in [0, 0.1) is 5.82 Å². The van der Waals surface area contributed by atoms with Crippen LogP contribution in [-0.4, -0.2) is 48.6 Å². The predicted octanol–water partition coefficient (Wildman–Crippen LogP) is 1.03. The van der Waals surface area contributed by atoms with Crippen molar-refractivity contribution in [3.8, 4) is 5.75 Å². The first-order valence-corrected chi connectivity index (χ1v) is 7.77. The SMILES string of the molecule is C=C(C=CC(O)CC(O)CC(=O)Oc1ccc(F)cc1)c1nnn(C)n1. The maximum atomic E-state index is 12.8. The molecule has 0 aliphatic carbocycles. The first-order chi connectivity index (χ1) is 12.3. The fourth-order valence-electron chi connectivity index (χ4n) is 2.02. The predicted molar refractivity (Wildman–Crippen MR) is 90.3 cm³/mol. The highest BCUT2D eigenvalue weighted by Crippen LogP contribution is 2.14. The number of aromatic nitrogens is 4. The molecule has 2 rings (SSSR count). The molecular formula is C17H19FN4O4. The number of halogens is 1. The first kappa shape index (κ1) is 19.4. The number of allylic oxidation sites excluding steroid dienone is 2. The summed E-state index contributed by atoms with van der Waals surface area (Å²) in [7, 11) is 1.61. The van der Waals surface area contributed by atoms with Crippen LogP contribution in [0.1, 0.15) is 18.7 Å². The molecule has 0 saturated heterocycles. The molecular weight excluding hydrogens is 343 g/mol. The van der Waals surface area contributed by atoms with Crippen LogP contribution in [0.5, 0.6) is 5.75 Å². The van der Waals surface area contributed by atoms with Crippen LogP contribution in [0.4, 0.5) is 4.39 Å². The Morgan fingerprint density at radius 2 is 2.08 bits per heavy atom. The maximum Gasteiger partial charge on any atom is 0.313 e. The first-order valence-electron chi connectivity index (χ1n) is 7.77. The number of tetrazole rings is 1. The molecule has 2 aromatic rings. The summed E-state index contributed by atoms with van der Waals surface area (Å²) in [6, 6.07) is 4.94. The Bertz CT molecular complexity index is 788. The van der Waals surface area contributed by atoms with Crippen molar-refractivity contribution in [2.24, 2.45) is 7.05 Å². The van der Waals surface area contributed by atoms with Crippen molar-refractivity contribution in [2.75, 3.05) is 0 Å². The number of benzene rings is 1. The Balaban J connectivity index is 1.78. The van der Waals surface area contributed by atoms with E-state index in [1.807, 2.05) is 0 Å².